The summed E-state index contributed by atoms with van der Waals surface area (Å²) in [6, 6.07) is 10.1. The number of benzene rings is 1. The molecule has 0 bridgehead atoms. The highest BCUT2D eigenvalue weighted by molar-refractivity contribution is 5.88. The Kier molecular flexibility index (Phi) is 2.76. The number of carbonyl (C=O) groups is 1. The zero-order chi connectivity index (χ0) is 10.7. The van der Waals surface area contributed by atoms with Crippen molar-refractivity contribution in [3.8, 4) is 0 Å². The summed E-state index contributed by atoms with van der Waals surface area (Å²) in [6.45, 7) is 2.92. The van der Waals surface area contributed by atoms with Gasteiger partial charge in [0.15, 0.2) is 0 Å². The minimum Gasteiger partial charge on any atom is -0.355 e. The standard InChI is InChI=1S/C13H17NO/c1-2-13(9-6-10-14-12(13)15)11-7-4-3-5-8-11/h3-5,7-8H,2,6,9-10H2,1H3,(H,14,15). The molecular formula is C13H17NO. The largest absolute Gasteiger partial charge is 0.355 e. The average Bonchev–Trinajstić information content (AvgIpc) is 2.31. The smallest absolute Gasteiger partial charge is 0.230 e. The van der Waals surface area contributed by atoms with E-state index in [0.29, 0.717) is 0 Å². The van der Waals surface area contributed by atoms with Gasteiger partial charge in [0.1, 0.15) is 0 Å². The lowest BCUT2D eigenvalue weighted by Gasteiger charge is -2.35. The first kappa shape index (κ1) is 10.2. The van der Waals surface area contributed by atoms with Crippen molar-refractivity contribution in [1.29, 1.82) is 0 Å². The number of hydrogen-bond acceptors (Lipinski definition) is 1. The second-order valence-corrected chi connectivity index (χ2v) is 4.16. The van der Waals surface area contributed by atoms with Gasteiger partial charge in [-0.3, -0.25) is 4.79 Å². The third-order valence-electron chi connectivity index (χ3n) is 3.43. The van der Waals surface area contributed by atoms with E-state index in [0.717, 1.165) is 31.4 Å². The molecule has 1 amide bonds. The Morgan fingerprint density at radius 3 is 2.67 bits per heavy atom. The topological polar surface area (TPSA) is 29.1 Å². The van der Waals surface area contributed by atoms with Crippen LogP contribution < -0.4 is 5.32 Å². The molecule has 1 atom stereocenters. The number of hydrogen-bond donors (Lipinski definition) is 1. The predicted octanol–water partition coefficient (Wildman–Crippen LogP) is 2.24. The molecule has 2 rings (SSSR count). The summed E-state index contributed by atoms with van der Waals surface area (Å²) in [7, 11) is 0. The van der Waals surface area contributed by atoms with Gasteiger partial charge >= 0.3 is 0 Å². The van der Waals surface area contributed by atoms with Crippen molar-refractivity contribution in [2.45, 2.75) is 31.6 Å². The first-order valence-electron chi connectivity index (χ1n) is 5.63. The van der Waals surface area contributed by atoms with E-state index in [4.69, 9.17) is 0 Å². The Hall–Kier alpha value is -1.31. The second-order valence-electron chi connectivity index (χ2n) is 4.16. The summed E-state index contributed by atoms with van der Waals surface area (Å²) in [6.07, 6.45) is 2.93. The Labute approximate surface area is 90.7 Å². The van der Waals surface area contributed by atoms with Crippen LogP contribution >= 0.6 is 0 Å². The number of rotatable bonds is 2. The zero-order valence-electron chi connectivity index (χ0n) is 9.12. The summed E-state index contributed by atoms with van der Waals surface area (Å²) < 4.78 is 0. The van der Waals surface area contributed by atoms with Gasteiger partial charge in [0.25, 0.3) is 0 Å². The lowest BCUT2D eigenvalue weighted by molar-refractivity contribution is -0.128. The molecule has 1 aromatic carbocycles. The minimum absolute atomic E-state index is 0.197. The zero-order valence-corrected chi connectivity index (χ0v) is 9.12. The Morgan fingerprint density at radius 1 is 1.33 bits per heavy atom. The van der Waals surface area contributed by atoms with Crippen molar-refractivity contribution in [2.24, 2.45) is 0 Å². The van der Waals surface area contributed by atoms with Gasteiger partial charge in [-0.25, -0.2) is 0 Å². The number of amides is 1. The molecule has 0 aliphatic carbocycles. The molecule has 1 aromatic rings. The number of nitrogens with one attached hydrogen (secondary N) is 1. The van der Waals surface area contributed by atoms with Crippen LogP contribution in [0, 0.1) is 0 Å². The van der Waals surface area contributed by atoms with E-state index in [2.05, 4.69) is 24.4 Å². The van der Waals surface area contributed by atoms with Gasteiger partial charge in [-0.1, -0.05) is 37.3 Å². The molecule has 1 N–H and O–H groups in total. The fourth-order valence-electron chi connectivity index (χ4n) is 2.45. The Bertz CT molecular complexity index is 347. The number of carbonyl (C=O) groups excluding carboxylic acids is 1. The molecule has 15 heavy (non-hydrogen) atoms. The van der Waals surface area contributed by atoms with Crippen LogP contribution in [-0.4, -0.2) is 12.5 Å². The van der Waals surface area contributed by atoms with E-state index >= 15 is 0 Å². The third kappa shape index (κ3) is 1.65. The van der Waals surface area contributed by atoms with Crippen LogP contribution in [0.25, 0.3) is 0 Å². The molecule has 1 unspecified atom stereocenters. The lowest BCUT2D eigenvalue weighted by Crippen LogP contribution is -2.48. The summed E-state index contributed by atoms with van der Waals surface area (Å²) in [4.78, 5) is 12.0. The van der Waals surface area contributed by atoms with Crippen molar-refractivity contribution in [3.63, 3.8) is 0 Å². The summed E-state index contributed by atoms with van der Waals surface area (Å²) >= 11 is 0. The minimum atomic E-state index is -0.278. The molecular weight excluding hydrogens is 186 g/mol. The van der Waals surface area contributed by atoms with Crippen molar-refractivity contribution >= 4 is 5.91 Å². The van der Waals surface area contributed by atoms with E-state index in [1.807, 2.05) is 18.2 Å². The highest BCUT2D eigenvalue weighted by Gasteiger charge is 2.39. The van der Waals surface area contributed by atoms with Gasteiger partial charge in [0, 0.05) is 6.54 Å². The highest BCUT2D eigenvalue weighted by Crippen LogP contribution is 2.35. The van der Waals surface area contributed by atoms with Crippen molar-refractivity contribution in [1.82, 2.24) is 5.32 Å². The van der Waals surface area contributed by atoms with Gasteiger partial charge in [0.2, 0.25) is 5.91 Å². The van der Waals surface area contributed by atoms with Crippen LogP contribution in [0.1, 0.15) is 31.7 Å². The molecule has 1 saturated heterocycles. The van der Waals surface area contributed by atoms with Gasteiger partial charge in [-0.05, 0) is 24.8 Å². The maximum Gasteiger partial charge on any atom is 0.230 e. The molecule has 0 radical (unpaired) electrons. The van der Waals surface area contributed by atoms with Crippen LogP contribution in [0.4, 0.5) is 0 Å². The molecule has 1 fully saturated rings. The Balaban J connectivity index is 2.40. The van der Waals surface area contributed by atoms with Crippen LogP contribution in [0.3, 0.4) is 0 Å². The normalized spacial score (nSPS) is 26.1. The van der Waals surface area contributed by atoms with Crippen molar-refractivity contribution in [3.05, 3.63) is 35.9 Å². The van der Waals surface area contributed by atoms with Gasteiger partial charge in [-0.2, -0.15) is 0 Å². The number of piperidine rings is 1. The molecule has 80 valence electrons. The molecule has 0 saturated carbocycles. The van der Waals surface area contributed by atoms with Crippen LogP contribution in [0.15, 0.2) is 30.3 Å². The monoisotopic (exact) mass is 203 g/mol. The van der Waals surface area contributed by atoms with E-state index in [1.165, 1.54) is 0 Å². The van der Waals surface area contributed by atoms with Crippen LogP contribution in [0.5, 0.6) is 0 Å². The highest BCUT2D eigenvalue weighted by atomic mass is 16.2. The van der Waals surface area contributed by atoms with Crippen molar-refractivity contribution in [2.75, 3.05) is 6.54 Å². The fourth-order valence-corrected chi connectivity index (χ4v) is 2.45. The average molecular weight is 203 g/mol. The van der Waals surface area contributed by atoms with E-state index < -0.39 is 0 Å². The van der Waals surface area contributed by atoms with Crippen molar-refractivity contribution < 1.29 is 4.79 Å². The van der Waals surface area contributed by atoms with Gasteiger partial charge in [0.05, 0.1) is 5.41 Å². The van der Waals surface area contributed by atoms with E-state index in [1.54, 1.807) is 0 Å². The molecule has 1 aliphatic rings. The summed E-state index contributed by atoms with van der Waals surface area (Å²) in [5, 5.41) is 2.98. The van der Waals surface area contributed by atoms with E-state index in [-0.39, 0.29) is 11.3 Å². The maximum atomic E-state index is 12.0. The predicted molar refractivity (Wildman–Crippen MR) is 60.7 cm³/mol. The SMILES string of the molecule is CCC1(c2ccccc2)CCCNC1=O. The summed E-state index contributed by atoms with van der Waals surface area (Å²) in [5.41, 5.74) is 0.879. The van der Waals surface area contributed by atoms with E-state index in [9.17, 15) is 4.79 Å². The first-order valence-corrected chi connectivity index (χ1v) is 5.63. The lowest BCUT2D eigenvalue weighted by atomic mass is 9.72. The quantitative estimate of drug-likeness (QED) is 0.784. The fraction of sp³-hybridized carbons (Fsp3) is 0.462. The molecule has 1 heterocycles. The van der Waals surface area contributed by atoms with Crippen LogP contribution in [0.2, 0.25) is 0 Å². The Morgan fingerprint density at radius 2 is 2.07 bits per heavy atom. The summed E-state index contributed by atoms with van der Waals surface area (Å²) in [5.74, 6) is 0.197. The first-order chi connectivity index (χ1) is 7.29. The second kappa shape index (κ2) is 4.05. The van der Waals surface area contributed by atoms with Crippen LogP contribution in [-0.2, 0) is 10.2 Å². The maximum absolute atomic E-state index is 12.0. The molecule has 2 heteroatoms. The van der Waals surface area contributed by atoms with Gasteiger partial charge in [-0.15, -0.1) is 0 Å². The third-order valence-corrected chi connectivity index (χ3v) is 3.43. The molecule has 0 spiro atoms. The molecule has 2 nitrogen and oxygen atoms in total. The van der Waals surface area contributed by atoms with Gasteiger partial charge < -0.3 is 5.32 Å². The molecule has 1 aliphatic heterocycles. The molecule has 0 aromatic heterocycles.